The van der Waals surface area contributed by atoms with Crippen molar-refractivity contribution in [1.82, 2.24) is 15.0 Å². The van der Waals surface area contributed by atoms with Gasteiger partial charge in [0.05, 0.1) is 18.7 Å². The highest BCUT2D eigenvalue weighted by Gasteiger charge is 2.55. The standard InChI is InChI=1S/C25H21N3O3/c29-24(19-7-2-1-3-8-19)31-21-12-13-25(16-30-25)23-22(21)26-27-28(23)15-17-10-11-18-6-4-5-9-20(18)14-17/h1-11,14,21H,12-13,15-16H2/t21-,25-/m1/s1. The molecule has 1 saturated heterocycles. The van der Waals surface area contributed by atoms with Crippen LogP contribution in [0, 0.1) is 0 Å². The molecule has 154 valence electrons. The number of esters is 1. The van der Waals surface area contributed by atoms with E-state index in [-0.39, 0.29) is 11.6 Å². The Morgan fingerprint density at radius 1 is 1.06 bits per heavy atom. The maximum atomic E-state index is 12.6. The second-order valence-electron chi connectivity index (χ2n) is 8.24. The van der Waals surface area contributed by atoms with Crippen molar-refractivity contribution in [2.45, 2.75) is 31.1 Å². The predicted octanol–water partition coefficient (Wildman–Crippen LogP) is 4.40. The quantitative estimate of drug-likeness (QED) is 0.368. The summed E-state index contributed by atoms with van der Waals surface area (Å²) in [5.74, 6) is -0.340. The summed E-state index contributed by atoms with van der Waals surface area (Å²) in [6.45, 7) is 1.25. The minimum atomic E-state index is -0.414. The van der Waals surface area contributed by atoms with Crippen molar-refractivity contribution in [2.24, 2.45) is 0 Å². The van der Waals surface area contributed by atoms with Gasteiger partial charge >= 0.3 is 5.97 Å². The Kier molecular flexibility index (Phi) is 4.14. The van der Waals surface area contributed by atoms with Crippen LogP contribution in [0.5, 0.6) is 0 Å². The number of epoxide rings is 1. The van der Waals surface area contributed by atoms with E-state index < -0.39 is 6.10 Å². The molecular formula is C25H21N3O3. The van der Waals surface area contributed by atoms with Crippen LogP contribution >= 0.6 is 0 Å². The van der Waals surface area contributed by atoms with Crippen LogP contribution in [0.15, 0.2) is 72.8 Å². The third-order valence-electron chi connectivity index (χ3n) is 6.21. The Balaban J connectivity index is 1.31. The van der Waals surface area contributed by atoms with Gasteiger partial charge < -0.3 is 9.47 Å². The summed E-state index contributed by atoms with van der Waals surface area (Å²) in [5.41, 5.74) is 3.00. The summed E-state index contributed by atoms with van der Waals surface area (Å²) < 4.78 is 13.6. The molecule has 31 heavy (non-hydrogen) atoms. The molecule has 4 aromatic rings. The van der Waals surface area contributed by atoms with E-state index >= 15 is 0 Å². The highest BCUT2D eigenvalue weighted by Crippen LogP contribution is 2.51. The number of carbonyl (C=O) groups excluding carboxylic acids is 1. The molecule has 2 aliphatic rings. The highest BCUT2D eigenvalue weighted by atomic mass is 16.6. The van der Waals surface area contributed by atoms with E-state index in [0.29, 0.717) is 30.8 Å². The van der Waals surface area contributed by atoms with Crippen LogP contribution in [-0.4, -0.2) is 27.6 Å². The van der Waals surface area contributed by atoms with Crippen molar-refractivity contribution < 1.29 is 14.3 Å². The maximum Gasteiger partial charge on any atom is 0.338 e. The van der Waals surface area contributed by atoms with Crippen LogP contribution < -0.4 is 0 Å². The molecule has 0 N–H and O–H groups in total. The number of rotatable bonds is 4. The van der Waals surface area contributed by atoms with Crippen LogP contribution in [0.1, 0.15) is 46.3 Å². The van der Waals surface area contributed by atoms with Gasteiger partial charge in [0, 0.05) is 0 Å². The number of hydrogen-bond donors (Lipinski definition) is 0. The summed E-state index contributed by atoms with van der Waals surface area (Å²) >= 11 is 0. The van der Waals surface area contributed by atoms with E-state index in [1.54, 1.807) is 12.1 Å². The molecule has 3 aromatic carbocycles. The smallest absolute Gasteiger partial charge is 0.338 e. The first kappa shape index (κ1) is 18.3. The fourth-order valence-electron chi connectivity index (χ4n) is 4.51. The number of benzene rings is 3. The Morgan fingerprint density at radius 2 is 1.84 bits per heavy atom. The zero-order valence-corrected chi connectivity index (χ0v) is 16.9. The molecule has 0 saturated carbocycles. The Morgan fingerprint density at radius 3 is 2.65 bits per heavy atom. The van der Waals surface area contributed by atoms with Gasteiger partial charge in [-0.3, -0.25) is 0 Å². The van der Waals surface area contributed by atoms with Crippen molar-refractivity contribution in [2.75, 3.05) is 6.61 Å². The molecule has 1 fully saturated rings. The third-order valence-corrected chi connectivity index (χ3v) is 6.21. The number of fused-ring (bicyclic) bond motifs is 3. The lowest BCUT2D eigenvalue weighted by atomic mass is 9.88. The summed E-state index contributed by atoms with van der Waals surface area (Å²) in [4.78, 5) is 12.6. The molecule has 1 aliphatic carbocycles. The lowest BCUT2D eigenvalue weighted by Crippen LogP contribution is -2.27. The van der Waals surface area contributed by atoms with Gasteiger partial charge in [0.2, 0.25) is 0 Å². The number of carbonyl (C=O) groups is 1. The molecule has 6 rings (SSSR count). The fourth-order valence-corrected chi connectivity index (χ4v) is 4.51. The molecular weight excluding hydrogens is 390 g/mol. The van der Waals surface area contributed by atoms with Crippen LogP contribution in [0.2, 0.25) is 0 Å². The zero-order valence-electron chi connectivity index (χ0n) is 16.9. The Bertz CT molecular complexity index is 1280. The first-order valence-corrected chi connectivity index (χ1v) is 10.5. The predicted molar refractivity (Wildman–Crippen MR) is 115 cm³/mol. The van der Waals surface area contributed by atoms with E-state index in [0.717, 1.165) is 17.7 Å². The Hall–Kier alpha value is -3.51. The van der Waals surface area contributed by atoms with E-state index in [2.05, 4.69) is 40.6 Å². The molecule has 0 unspecified atom stereocenters. The minimum absolute atomic E-state index is 0.340. The Labute approximate surface area is 179 Å². The second kappa shape index (κ2) is 7.03. The number of hydrogen-bond acceptors (Lipinski definition) is 5. The normalized spacial score (nSPS) is 21.7. The van der Waals surface area contributed by atoms with E-state index in [9.17, 15) is 4.79 Å². The molecule has 0 radical (unpaired) electrons. The lowest BCUT2D eigenvalue weighted by Gasteiger charge is -2.26. The van der Waals surface area contributed by atoms with Crippen LogP contribution in [-0.2, 0) is 21.6 Å². The molecule has 6 heteroatoms. The number of nitrogens with zero attached hydrogens (tertiary/aromatic N) is 3. The van der Waals surface area contributed by atoms with Crippen LogP contribution in [0.4, 0.5) is 0 Å². The van der Waals surface area contributed by atoms with Crippen molar-refractivity contribution in [3.8, 4) is 0 Å². The molecule has 1 aromatic heterocycles. The largest absolute Gasteiger partial charge is 0.452 e. The first-order valence-electron chi connectivity index (χ1n) is 10.5. The highest BCUT2D eigenvalue weighted by molar-refractivity contribution is 5.89. The summed E-state index contributed by atoms with van der Waals surface area (Å²) in [6, 6.07) is 23.8. The molecule has 1 spiro atoms. The van der Waals surface area contributed by atoms with Gasteiger partial charge in [-0.2, -0.15) is 0 Å². The third kappa shape index (κ3) is 3.20. The maximum absolute atomic E-state index is 12.6. The van der Waals surface area contributed by atoms with Crippen molar-refractivity contribution in [3.05, 3.63) is 95.3 Å². The number of ether oxygens (including phenoxy) is 2. The monoisotopic (exact) mass is 411 g/mol. The molecule has 0 amide bonds. The minimum Gasteiger partial charge on any atom is -0.452 e. The van der Waals surface area contributed by atoms with Gasteiger partial charge in [-0.25, -0.2) is 9.48 Å². The molecule has 0 bridgehead atoms. The van der Waals surface area contributed by atoms with Crippen molar-refractivity contribution in [3.63, 3.8) is 0 Å². The van der Waals surface area contributed by atoms with Crippen LogP contribution in [0.3, 0.4) is 0 Å². The zero-order chi connectivity index (χ0) is 20.8. The van der Waals surface area contributed by atoms with Crippen LogP contribution in [0.25, 0.3) is 10.8 Å². The van der Waals surface area contributed by atoms with Gasteiger partial charge in [0.15, 0.2) is 0 Å². The lowest BCUT2D eigenvalue weighted by molar-refractivity contribution is 0.0202. The molecule has 1 aliphatic heterocycles. The summed E-state index contributed by atoms with van der Waals surface area (Å²) in [5, 5.41) is 11.3. The molecule has 6 nitrogen and oxygen atoms in total. The van der Waals surface area contributed by atoms with Gasteiger partial charge in [-0.15, -0.1) is 5.10 Å². The van der Waals surface area contributed by atoms with E-state index in [1.807, 2.05) is 35.0 Å². The topological polar surface area (TPSA) is 69.5 Å². The SMILES string of the molecule is O=C(O[C@@H]1CC[C@@]2(CO2)c2c1nnn2Cc1ccc2ccccc2c1)c1ccccc1. The fraction of sp³-hybridized carbons (Fsp3) is 0.240. The number of aromatic nitrogens is 3. The van der Waals surface area contributed by atoms with Gasteiger partial charge in [-0.1, -0.05) is 59.8 Å². The average molecular weight is 411 g/mol. The average Bonchev–Trinajstić information content (AvgIpc) is 3.46. The molecule has 2 heterocycles. The van der Waals surface area contributed by atoms with Crippen molar-refractivity contribution >= 4 is 16.7 Å². The summed E-state index contributed by atoms with van der Waals surface area (Å²) in [7, 11) is 0. The van der Waals surface area contributed by atoms with Gasteiger partial charge in [-0.05, 0) is 47.4 Å². The van der Waals surface area contributed by atoms with E-state index in [1.165, 1.54) is 10.8 Å². The van der Waals surface area contributed by atoms with E-state index in [4.69, 9.17) is 9.47 Å². The van der Waals surface area contributed by atoms with Gasteiger partial charge in [0.25, 0.3) is 0 Å². The van der Waals surface area contributed by atoms with Gasteiger partial charge in [0.1, 0.15) is 23.1 Å². The first-order chi connectivity index (χ1) is 15.2. The van der Waals surface area contributed by atoms with Crippen molar-refractivity contribution in [1.29, 1.82) is 0 Å². The molecule has 2 atom stereocenters. The summed E-state index contributed by atoms with van der Waals surface area (Å²) in [6.07, 6.45) is 1.06. The second-order valence-corrected chi connectivity index (χ2v) is 8.24.